The molecule has 5 heteroatoms. The first-order valence-corrected chi connectivity index (χ1v) is 7.01. The van der Waals surface area contributed by atoms with Crippen LogP contribution in [-0.4, -0.2) is 23.2 Å². The first-order chi connectivity index (χ1) is 8.28. The van der Waals surface area contributed by atoms with E-state index in [0.717, 1.165) is 35.5 Å². The van der Waals surface area contributed by atoms with E-state index in [4.69, 9.17) is 16.3 Å². The van der Waals surface area contributed by atoms with Crippen molar-refractivity contribution in [3.05, 3.63) is 21.9 Å². The van der Waals surface area contributed by atoms with Crippen LogP contribution in [-0.2, 0) is 11.2 Å². The molecule has 2 aromatic heterocycles. The van der Waals surface area contributed by atoms with Gasteiger partial charge in [0.15, 0.2) is 0 Å². The molecule has 17 heavy (non-hydrogen) atoms. The van der Waals surface area contributed by atoms with Gasteiger partial charge in [0.25, 0.3) is 0 Å². The number of fused-ring (bicyclic) bond motifs is 1. The summed E-state index contributed by atoms with van der Waals surface area (Å²) in [6.07, 6.45) is 2.01. The molecule has 0 aromatic carbocycles. The molecule has 1 aliphatic heterocycles. The van der Waals surface area contributed by atoms with Crippen molar-refractivity contribution in [3.63, 3.8) is 0 Å². The van der Waals surface area contributed by atoms with E-state index in [0.29, 0.717) is 17.7 Å². The number of nitrogens with zero attached hydrogens (tertiary/aromatic N) is 2. The van der Waals surface area contributed by atoms with Crippen LogP contribution in [0.1, 0.15) is 30.0 Å². The highest BCUT2D eigenvalue weighted by molar-refractivity contribution is 7.18. The average Bonchev–Trinajstić information content (AvgIpc) is 2.97. The number of aryl methyl sites for hydroxylation is 1. The lowest BCUT2D eigenvalue weighted by Crippen LogP contribution is -2.03. The van der Waals surface area contributed by atoms with Gasteiger partial charge in [-0.05, 0) is 18.9 Å². The van der Waals surface area contributed by atoms with Crippen molar-refractivity contribution in [2.45, 2.75) is 25.7 Å². The van der Waals surface area contributed by atoms with Gasteiger partial charge >= 0.3 is 0 Å². The van der Waals surface area contributed by atoms with Crippen LogP contribution in [0.25, 0.3) is 10.2 Å². The Morgan fingerprint density at radius 2 is 2.41 bits per heavy atom. The summed E-state index contributed by atoms with van der Waals surface area (Å²) >= 11 is 7.93. The Labute approximate surface area is 109 Å². The Bertz CT molecular complexity index is 549. The molecule has 1 saturated heterocycles. The Kier molecular flexibility index (Phi) is 3.03. The van der Waals surface area contributed by atoms with Crippen LogP contribution in [0.5, 0.6) is 0 Å². The van der Waals surface area contributed by atoms with Gasteiger partial charge in [0.05, 0.1) is 6.61 Å². The Morgan fingerprint density at radius 1 is 1.53 bits per heavy atom. The molecule has 0 spiro atoms. The minimum absolute atomic E-state index is 0.309. The van der Waals surface area contributed by atoms with Gasteiger partial charge in [0, 0.05) is 22.8 Å². The van der Waals surface area contributed by atoms with Crippen molar-refractivity contribution >= 4 is 33.2 Å². The predicted octanol–water partition coefficient (Wildman–Crippen LogP) is 3.41. The van der Waals surface area contributed by atoms with Crippen molar-refractivity contribution in [2.75, 3.05) is 13.2 Å². The first-order valence-electron chi connectivity index (χ1n) is 5.81. The van der Waals surface area contributed by atoms with Crippen LogP contribution < -0.4 is 0 Å². The van der Waals surface area contributed by atoms with E-state index in [9.17, 15) is 0 Å². The molecule has 0 radical (unpaired) electrons. The van der Waals surface area contributed by atoms with E-state index in [1.54, 1.807) is 11.3 Å². The molecule has 1 aliphatic rings. The number of hydrogen-bond acceptors (Lipinski definition) is 4. The number of ether oxygens (including phenoxy) is 1. The lowest BCUT2D eigenvalue weighted by molar-refractivity contribution is 0.193. The van der Waals surface area contributed by atoms with Crippen LogP contribution in [0.4, 0.5) is 0 Å². The van der Waals surface area contributed by atoms with Crippen molar-refractivity contribution in [3.8, 4) is 0 Å². The molecule has 0 amide bonds. The first kappa shape index (κ1) is 11.4. The third-order valence-corrected chi connectivity index (χ3v) is 4.52. The normalized spacial score (nSPS) is 20.2. The predicted molar refractivity (Wildman–Crippen MR) is 70.0 cm³/mol. The molecular weight excluding hydrogens is 256 g/mol. The summed E-state index contributed by atoms with van der Waals surface area (Å²) in [5, 5.41) is 1.56. The van der Waals surface area contributed by atoms with E-state index in [2.05, 4.69) is 23.0 Å². The lowest BCUT2D eigenvalue weighted by atomic mass is 10.1. The lowest BCUT2D eigenvalue weighted by Gasteiger charge is -2.06. The molecule has 3 rings (SSSR count). The summed E-state index contributed by atoms with van der Waals surface area (Å²) < 4.78 is 5.37. The molecule has 1 atom stereocenters. The maximum absolute atomic E-state index is 6.23. The fourth-order valence-electron chi connectivity index (χ4n) is 2.05. The summed E-state index contributed by atoms with van der Waals surface area (Å²) in [5.41, 5.74) is 0. The number of hydrogen-bond donors (Lipinski definition) is 0. The minimum atomic E-state index is 0.309. The monoisotopic (exact) mass is 268 g/mol. The molecule has 0 aliphatic carbocycles. The van der Waals surface area contributed by atoms with E-state index < -0.39 is 0 Å². The number of halogens is 1. The average molecular weight is 269 g/mol. The van der Waals surface area contributed by atoms with Crippen LogP contribution in [0, 0.1) is 0 Å². The fourth-order valence-corrected chi connectivity index (χ4v) is 3.31. The second-order valence-electron chi connectivity index (χ2n) is 4.22. The fraction of sp³-hybridized carbons (Fsp3) is 0.500. The molecule has 1 unspecified atom stereocenters. The zero-order chi connectivity index (χ0) is 11.8. The van der Waals surface area contributed by atoms with E-state index in [1.807, 2.05) is 0 Å². The highest BCUT2D eigenvalue weighted by Crippen LogP contribution is 2.32. The van der Waals surface area contributed by atoms with Gasteiger partial charge < -0.3 is 4.74 Å². The Morgan fingerprint density at radius 3 is 3.12 bits per heavy atom. The van der Waals surface area contributed by atoms with Crippen LogP contribution in [0.2, 0.25) is 5.15 Å². The molecule has 0 saturated carbocycles. The quantitative estimate of drug-likeness (QED) is 0.783. The van der Waals surface area contributed by atoms with Gasteiger partial charge in [0.2, 0.25) is 0 Å². The van der Waals surface area contributed by atoms with E-state index >= 15 is 0 Å². The molecule has 3 heterocycles. The SMILES string of the molecule is CCc1cc2c(Cl)nc(C3CCOC3)nc2s1. The highest BCUT2D eigenvalue weighted by Gasteiger charge is 2.22. The second-order valence-corrected chi connectivity index (χ2v) is 5.69. The highest BCUT2D eigenvalue weighted by atomic mass is 35.5. The van der Waals surface area contributed by atoms with Crippen LogP contribution >= 0.6 is 22.9 Å². The molecule has 2 aromatic rings. The summed E-state index contributed by atoms with van der Waals surface area (Å²) in [5.74, 6) is 1.15. The zero-order valence-electron chi connectivity index (χ0n) is 9.57. The molecule has 1 fully saturated rings. The number of aromatic nitrogens is 2. The largest absolute Gasteiger partial charge is 0.381 e. The Hall–Kier alpha value is -0.710. The molecule has 90 valence electrons. The van der Waals surface area contributed by atoms with E-state index in [-0.39, 0.29) is 0 Å². The summed E-state index contributed by atoms with van der Waals surface area (Å²) in [6, 6.07) is 2.09. The van der Waals surface area contributed by atoms with Gasteiger partial charge in [-0.3, -0.25) is 0 Å². The molecule has 3 nitrogen and oxygen atoms in total. The molecule has 0 bridgehead atoms. The van der Waals surface area contributed by atoms with Gasteiger partial charge in [-0.1, -0.05) is 18.5 Å². The third kappa shape index (κ3) is 2.05. The number of thiophene rings is 1. The van der Waals surface area contributed by atoms with E-state index in [1.165, 1.54) is 4.88 Å². The van der Waals surface area contributed by atoms with Crippen LogP contribution in [0.3, 0.4) is 0 Å². The molecule has 0 N–H and O–H groups in total. The van der Waals surface area contributed by atoms with Gasteiger partial charge in [-0.15, -0.1) is 11.3 Å². The second kappa shape index (κ2) is 4.52. The summed E-state index contributed by atoms with van der Waals surface area (Å²) in [4.78, 5) is 11.3. The smallest absolute Gasteiger partial charge is 0.141 e. The van der Waals surface area contributed by atoms with Gasteiger partial charge in [-0.25, -0.2) is 9.97 Å². The topological polar surface area (TPSA) is 35.0 Å². The van der Waals surface area contributed by atoms with Crippen molar-refractivity contribution in [1.29, 1.82) is 0 Å². The van der Waals surface area contributed by atoms with Gasteiger partial charge in [-0.2, -0.15) is 0 Å². The van der Waals surface area contributed by atoms with Crippen molar-refractivity contribution < 1.29 is 4.74 Å². The maximum Gasteiger partial charge on any atom is 0.141 e. The summed E-state index contributed by atoms with van der Waals surface area (Å²) in [6.45, 7) is 3.65. The van der Waals surface area contributed by atoms with Crippen molar-refractivity contribution in [1.82, 2.24) is 9.97 Å². The maximum atomic E-state index is 6.23. The standard InChI is InChI=1S/C12H13ClN2OS/c1-2-8-5-9-10(13)14-11(15-12(9)17-8)7-3-4-16-6-7/h5,7H,2-4,6H2,1H3. The summed E-state index contributed by atoms with van der Waals surface area (Å²) in [7, 11) is 0. The van der Waals surface area contributed by atoms with Crippen LogP contribution in [0.15, 0.2) is 6.07 Å². The molecular formula is C12H13ClN2OS. The van der Waals surface area contributed by atoms with Crippen molar-refractivity contribution in [2.24, 2.45) is 0 Å². The van der Waals surface area contributed by atoms with Gasteiger partial charge in [0.1, 0.15) is 15.8 Å². The third-order valence-electron chi connectivity index (χ3n) is 3.06. The number of rotatable bonds is 2. The zero-order valence-corrected chi connectivity index (χ0v) is 11.1. The Balaban J connectivity index is 2.09. The minimum Gasteiger partial charge on any atom is -0.381 e.